The Kier molecular flexibility index (Phi) is 7.90. The summed E-state index contributed by atoms with van der Waals surface area (Å²) < 4.78 is 11.4. The highest BCUT2D eigenvalue weighted by Gasteiger charge is 2.38. The molecule has 1 unspecified atom stereocenters. The molecule has 0 amide bonds. The van der Waals surface area contributed by atoms with E-state index in [4.69, 9.17) is 14.4 Å². The van der Waals surface area contributed by atoms with E-state index in [1.54, 1.807) is 0 Å². The molecule has 1 N–H and O–H groups in total. The Morgan fingerprint density at radius 2 is 1.24 bits per heavy atom. The first-order valence-corrected chi connectivity index (χ1v) is 23.4. The van der Waals surface area contributed by atoms with Crippen molar-refractivity contribution in [3.05, 3.63) is 222 Å². The van der Waals surface area contributed by atoms with Crippen molar-refractivity contribution in [2.45, 2.75) is 25.4 Å². The van der Waals surface area contributed by atoms with Crippen LogP contribution < -0.4 is 5.32 Å². The summed E-state index contributed by atoms with van der Waals surface area (Å²) in [6.07, 6.45) is -0.361. The first-order valence-electron chi connectivity index (χ1n) is 22.6. The van der Waals surface area contributed by atoms with E-state index >= 15 is 0 Å². The van der Waals surface area contributed by atoms with Crippen molar-refractivity contribution < 1.29 is 4.42 Å². The number of amidine groups is 2. The van der Waals surface area contributed by atoms with Gasteiger partial charge < -0.3 is 14.3 Å². The fourth-order valence-corrected chi connectivity index (χ4v) is 12.2. The minimum Gasteiger partial charge on any atom is -0.456 e. The third-order valence-electron chi connectivity index (χ3n) is 14.1. The normalized spacial score (nSPS) is 15.4. The van der Waals surface area contributed by atoms with E-state index in [2.05, 4.69) is 218 Å². The lowest BCUT2D eigenvalue weighted by Gasteiger charge is -2.26. The average Bonchev–Trinajstić information content (AvgIpc) is 4.10. The van der Waals surface area contributed by atoms with Crippen LogP contribution in [0.3, 0.4) is 0 Å². The molecule has 6 heteroatoms. The number of benzene rings is 9. The van der Waals surface area contributed by atoms with Gasteiger partial charge in [0.2, 0.25) is 0 Å². The zero-order valence-corrected chi connectivity index (χ0v) is 37.0. The number of furan rings is 1. The molecule has 12 aromatic rings. The lowest BCUT2D eigenvalue weighted by atomic mass is 9.82. The van der Waals surface area contributed by atoms with Crippen LogP contribution in [0.5, 0.6) is 0 Å². The van der Waals surface area contributed by atoms with Crippen molar-refractivity contribution in [3.63, 3.8) is 0 Å². The molecule has 0 saturated carbocycles. The molecule has 2 aliphatic rings. The summed E-state index contributed by atoms with van der Waals surface area (Å²) in [7, 11) is 0. The Labute approximate surface area is 384 Å². The van der Waals surface area contributed by atoms with Crippen molar-refractivity contribution in [1.29, 1.82) is 0 Å². The molecule has 0 spiro atoms. The van der Waals surface area contributed by atoms with Gasteiger partial charge in [0.25, 0.3) is 0 Å². The summed E-state index contributed by atoms with van der Waals surface area (Å²) in [5.74, 6) is 1.53. The van der Waals surface area contributed by atoms with Gasteiger partial charge in [-0.3, -0.25) is 0 Å². The van der Waals surface area contributed by atoms with E-state index in [0.29, 0.717) is 0 Å². The van der Waals surface area contributed by atoms with Gasteiger partial charge in [0.1, 0.15) is 23.2 Å². The molecular weight excluding hydrogens is 825 g/mol. The molecule has 66 heavy (non-hydrogen) atoms. The van der Waals surface area contributed by atoms with Crippen LogP contribution in [0.4, 0.5) is 0 Å². The first-order chi connectivity index (χ1) is 32.5. The second-order valence-corrected chi connectivity index (χ2v) is 19.2. The number of hydrogen-bond acceptors (Lipinski definition) is 5. The second kappa shape index (κ2) is 14.0. The fraction of sp³-hybridized carbons (Fsp3) is 0.0667. The Balaban J connectivity index is 0.948. The van der Waals surface area contributed by atoms with Crippen LogP contribution in [0.1, 0.15) is 47.8 Å². The summed E-state index contributed by atoms with van der Waals surface area (Å²) in [4.78, 5) is 10.9. The Morgan fingerprint density at radius 3 is 2.09 bits per heavy atom. The van der Waals surface area contributed by atoms with Crippen molar-refractivity contribution in [2.24, 2.45) is 9.98 Å². The van der Waals surface area contributed by atoms with Gasteiger partial charge in [0, 0.05) is 69.5 Å². The molecule has 0 fully saturated rings. The average molecular weight is 865 g/mol. The number of rotatable bonds is 5. The van der Waals surface area contributed by atoms with Gasteiger partial charge in [-0.2, -0.15) is 0 Å². The first kappa shape index (κ1) is 37.3. The third kappa shape index (κ3) is 5.39. The van der Waals surface area contributed by atoms with Crippen molar-refractivity contribution in [3.8, 4) is 27.9 Å². The number of nitrogens with zero attached hydrogens (tertiary/aromatic N) is 3. The Bertz CT molecular complexity index is 4020. The lowest BCUT2D eigenvalue weighted by molar-refractivity contribution is 0.652. The molecule has 9 aromatic carbocycles. The molecule has 1 atom stereocenters. The summed E-state index contributed by atoms with van der Waals surface area (Å²) in [5.41, 5.74) is 15.8. The maximum Gasteiger partial charge on any atom is 0.160 e. The van der Waals surface area contributed by atoms with Crippen LogP contribution in [0.25, 0.3) is 91.9 Å². The molecule has 312 valence electrons. The Morgan fingerprint density at radius 1 is 0.530 bits per heavy atom. The lowest BCUT2D eigenvalue weighted by Crippen LogP contribution is -2.34. The summed E-state index contributed by atoms with van der Waals surface area (Å²) in [6.45, 7) is 4.66. The van der Waals surface area contributed by atoms with Gasteiger partial charge >= 0.3 is 0 Å². The number of thiophene rings is 1. The van der Waals surface area contributed by atoms with Crippen LogP contribution in [0.15, 0.2) is 209 Å². The van der Waals surface area contributed by atoms with E-state index in [1.165, 1.54) is 58.8 Å². The van der Waals surface area contributed by atoms with Crippen LogP contribution in [0, 0.1) is 0 Å². The van der Waals surface area contributed by atoms with E-state index in [0.717, 1.165) is 72.5 Å². The fourth-order valence-electron chi connectivity index (χ4n) is 11.1. The Hall–Kier alpha value is -8.06. The van der Waals surface area contributed by atoms with Crippen LogP contribution in [-0.2, 0) is 5.41 Å². The van der Waals surface area contributed by atoms with Gasteiger partial charge in [-0.25, -0.2) is 9.98 Å². The van der Waals surface area contributed by atoms with E-state index in [9.17, 15) is 0 Å². The molecule has 0 saturated heterocycles. The highest BCUT2D eigenvalue weighted by Crippen LogP contribution is 2.51. The van der Waals surface area contributed by atoms with Crippen LogP contribution in [-0.4, -0.2) is 16.2 Å². The maximum absolute atomic E-state index is 6.61. The molecule has 3 aromatic heterocycles. The summed E-state index contributed by atoms with van der Waals surface area (Å²) in [5, 5.41) is 10.8. The number of hydrogen-bond donors (Lipinski definition) is 1. The highest BCUT2D eigenvalue weighted by atomic mass is 32.1. The van der Waals surface area contributed by atoms with Crippen LogP contribution >= 0.6 is 11.3 Å². The van der Waals surface area contributed by atoms with Crippen molar-refractivity contribution in [1.82, 2.24) is 9.88 Å². The number of fused-ring (bicyclic) bond motifs is 12. The van der Waals surface area contributed by atoms with Crippen molar-refractivity contribution in [2.75, 3.05) is 0 Å². The third-order valence-corrected chi connectivity index (χ3v) is 15.2. The molecule has 4 heterocycles. The quantitative estimate of drug-likeness (QED) is 0.187. The zero-order valence-electron chi connectivity index (χ0n) is 36.2. The minimum atomic E-state index is -0.361. The predicted octanol–water partition coefficient (Wildman–Crippen LogP) is 15.5. The van der Waals surface area contributed by atoms with Gasteiger partial charge in [-0.05, 0) is 88.0 Å². The smallest absolute Gasteiger partial charge is 0.160 e. The van der Waals surface area contributed by atoms with E-state index < -0.39 is 0 Å². The minimum absolute atomic E-state index is 0.125. The molecule has 5 nitrogen and oxygen atoms in total. The monoisotopic (exact) mass is 864 g/mol. The SMILES string of the molecule is CC1(C)c2ccccc2-c2c(C3N=C(c4cccc5sc6ccc(-c7cccc8oc9ccc(-n%10c%11ccccc%11c%11ccccc%11%10)cc9c78)cc6c45)N=C(c4ccccc4)N3)cccc21. The summed E-state index contributed by atoms with van der Waals surface area (Å²) in [6, 6.07) is 69.9. The number of para-hydroxylation sites is 2. The van der Waals surface area contributed by atoms with Crippen molar-refractivity contribution >= 4 is 86.9 Å². The number of aliphatic imine (C=N–C) groups is 2. The maximum atomic E-state index is 6.61. The standard InChI is InChI=1S/C60H40N4OS/c1-60(2)46-23-9-6-19-41(46)54-42(21-12-24-47(54)60)58-61-57(35-15-4-3-5-16-35)62-59(63-58)43-22-14-28-53-56(43)45-33-36(29-32-52(45)66-53)38-20-13-27-51-55(38)44-34-37(30-31-50(44)65-51)64-48-25-10-7-17-39(48)40-18-8-11-26-49(40)64/h3-34,58H,1-2H3,(H,61,62,63). The molecule has 0 bridgehead atoms. The van der Waals surface area contributed by atoms with Gasteiger partial charge in [-0.1, -0.05) is 153 Å². The number of nitrogens with one attached hydrogen (secondary N) is 1. The van der Waals surface area contributed by atoms with Crippen LogP contribution in [0.2, 0.25) is 0 Å². The highest BCUT2D eigenvalue weighted by molar-refractivity contribution is 7.25. The van der Waals surface area contributed by atoms with Gasteiger partial charge in [0.05, 0.1) is 11.0 Å². The van der Waals surface area contributed by atoms with E-state index in [1.807, 2.05) is 11.3 Å². The summed E-state index contributed by atoms with van der Waals surface area (Å²) >= 11 is 1.82. The molecule has 1 aliphatic heterocycles. The van der Waals surface area contributed by atoms with Gasteiger partial charge in [0.15, 0.2) is 5.84 Å². The van der Waals surface area contributed by atoms with Gasteiger partial charge in [-0.15, -0.1) is 11.3 Å². The predicted molar refractivity (Wildman–Crippen MR) is 276 cm³/mol. The molecule has 0 radical (unpaired) electrons. The molecular formula is C60H40N4OS. The second-order valence-electron chi connectivity index (χ2n) is 18.1. The largest absolute Gasteiger partial charge is 0.456 e. The van der Waals surface area contributed by atoms with E-state index in [-0.39, 0.29) is 11.6 Å². The molecule has 1 aliphatic carbocycles. The number of aromatic nitrogens is 1. The molecule has 14 rings (SSSR count). The zero-order chi connectivity index (χ0) is 43.7. The topological polar surface area (TPSA) is 54.8 Å².